The summed E-state index contributed by atoms with van der Waals surface area (Å²) in [6, 6.07) is 11.8. The van der Waals surface area contributed by atoms with Crippen LogP contribution < -0.4 is 5.73 Å². The number of carbonyl (C=O) groups excluding carboxylic acids is 2. The molecule has 0 saturated heterocycles. The molecule has 0 radical (unpaired) electrons. The van der Waals surface area contributed by atoms with Gasteiger partial charge >= 0.3 is 5.97 Å². The normalized spacial score (nSPS) is 18.1. The first-order chi connectivity index (χ1) is 15.0. The van der Waals surface area contributed by atoms with Gasteiger partial charge in [-0.05, 0) is 74.1 Å². The maximum atomic E-state index is 13.8. The van der Waals surface area contributed by atoms with Gasteiger partial charge in [0.1, 0.15) is 17.4 Å². The predicted octanol–water partition coefficient (Wildman–Crippen LogP) is 4.40. The van der Waals surface area contributed by atoms with Gasteiger partial charge in [-0.15, -0.1) is 0 Å². The second-order valence-electron chi connectivity index (χ2n) is 9.71. The summed E-state index contributed by atoms with van der Waals surface area (Å²) >= 11 is 0. The zero-order valence-corrected chi connectivity index (χ0v) is 19.6. The van der Waals surface area contributed by atoms with Crippen molar-refractivity contribution in [1.29, 1.82) is 0 Å². The number of anilines is 1. The fourth-order valence-electron chi connectivity index (χ4n) is 4.25. The zero-order chi connectivity index (χ0) is 23.6. The molecule has 3 rings (SSSR count). The van der Waals surface area contributed by atoms with E-state index in [2.05, 4.69) is 0 Å². The molecule has 0 spiro atoms. The van der Waals surface area contributed by atoms with Gasteiger partial charge in [0.05, 0.1) is 5.92 Å². The molecule has 172 valence electrons. The fraction of sp³-hybridized carbons (Fsp3) is 0.462. The molecule has 2 aromatic carbocycles. The van der Waals surface area contributed by atoms with Gasteiger partial charge in [-0.2, -0.15) is 0 Å². The van der Waals surface area contributed by atoms with Crippen LogP contribution in [0.3, 0.4) is 0 Å². The van der Waals surface area contributed by atoms with Crippen LogP contribution in [-0.4, -0.2) is 33.5 Å². The number of benzene rings is 2. The smallest absolute Gasteiger partial charge is 0.329 e. The minimum atomic E-state index is -0.677. The topological polar surface area (TPSA) is 92.9 Å². The Hall–Kier alpha value is -3.02. The molecule has 1 aliphatic heterocycles. The van der Waals surface area contributed by atoms with Crippen LogP contribution in [0.4, 0.5) is 5.69 Å². The van der Waals surface area contributed by atoms with Crippen molar-refractivity contribution in [2.24, 2.45) is 5.92 Å². The number of carbonyl (C=O) groups is 2. The summed E-state index contributed by atoms with van der Waals surface area (Å²) in [6.45, 7) is 9.81. The van der Waals surface area contributed by atoms with E-state index in [1.807, 2.05) is 65.0 Å². The Labute approximate surface area is 190 Å². The number of phenolic OH excluding ortho intramolecular Hbond substituents is 1. The lowest BCUT2D eigenvalue weighted by Gasteiger charge is -2.41. The van der Waals surface area contributed by atoms with Crippen molar-refractivity contribution in [3.05, 3.63) is 59.2 Å². The number of nitrogens with zero attached hydrogens (tertiary/aromatic N) is 1. The number of fused-ring (bicyclic) bond motifs is 1. The van der Waals surface area contributed by atoms with Gasteiger partial charge in [0.2, 0.25) is 5.91 Å². The Morgan fingerprint density at radius 3 is 2.47 bits per heavy atom. The SMILES string of the molecule is CC[C@H](C)[C@@H](C(=O)OC(C)(C)C)N1Cc2cc(N)ccc2[C@@H](Cc2ccc(O)cc2)C1=O. The Bertz CT molecular complexity index is 978. The van der Waals surface area contributed by atoms with Crippen LogP contribution in [0.2, 0.25) is 0 Å². The molecule has 6 heteroatoms. The highest BCUT2D eigenvalue weighted by Crippen LogP contribution is 2.36. The molecule has 32 heavy (non-hydrogen) atoms. The van der Waals surface area contributed by atoms with E-state index < -0.39 is 17.6 Å². The lowest BCUT2D eigenvalue weighted by Crippen LogP contribution is -2.53. The van der Waals surface area contributed by atoms with Gasteiger partial charge < -0.3 is 20.5 Å². The average Bonchev–Trinajstić information content (AvgIpc) is 2.71. The monoisotopic (exact) mass is 438 g/mol. The standard InChI is InChI=1S/C26H34N2O4/c1-6-16(2)23(25(31)32-26(3,4)5)28-15-18-14-19(27)9-12-21(18)22(24(28)30)13-17-7-10-20(29)11-8-17/h7-12,14,16,22-23,29H,6,13,15,27H2,1-5H3/t16-,22+,23-/m0/s1. The van der Waals surface area contributed by atoms with E-state index in [4.69, 9.17) is 10.5 Å². The molecule has 6 nitrogen and oxygen atoms in total. The highest BCUT2D eigenvalue weighted by atomic mass is 16.6. The Balaban J connectivity index is 2.02. The molecule has 1 amide bonds. The second kappa shape index (κ2) is 9.23. The molecule has 2 aromatic rings. The lowest BCUT2D eigenvalue weighted by atomic mass is 9.82. The van der Waals surface area contributed by atoms with E-state index in [9.17, 15) is 14.7 Å². The first-order valence-corrected chi connectivity index (χ1v) is 11.2. The molecule has 0 aliphatic carbocycles. The average molecular weight is 439 g/mol. The van der Waals surface area contributed by atoms with Crippen LogP contribution in [0.25, 0.3) is 0 Å². The maximum Gasteiger partial charge on any atom is 0.329 e. The summed E-state index contributed by atoms with van der Waals surface area (Å²) in [6.07, 6.45) is 1.20. The minimum absolute atomic E-state index is 0.0641. The highest BCUT2D eigenvalue weighted by molar-refractivity contribution is 5.91. The number of nitrogens with two attached hydrogens (primary N) is 1. The van der Waals surface area contributed by atoms with Gasteiger partial charge in [-0.3, -0.25) is 4.79 Å². The molecule has 1 heterocycles. The van der Waals surface area contributed by atoms with Crippen LogP contribution in [-0.2, 0) is 27.3 Å². The van der Waals surface area contributed by atoms with Crippen molar-refractivity contribution in [2.75, 3.05) is 5.73 Å². The van der Waals surface area contributed by atoms with Crippen LogP contribution in [0.5, 0.6) is 5.75 Å². The number of nitrogen functional groups attached to an aromatic ring is 1. The summed E-state index contributed by atoms with van der Waals surface area (Å²) < 4.78 is 5.72. The zero-order valence-electron chi connectivity index (χ0n) is 19.6. The molecular formula is C26H34N2O4. The molecule has 1 aliphatic rings. The van der Waals surface area contributed by atoms with Gasteiger partial charge in [-0.25, -0.2) is 4.79 Å². The Morgan fingerprint density at radius 2 is 1.88 bits per heavy atom. The predicted molar refractivity (Wildman–Crippen MR) is 125 cm³/mol. The maximum absolute atomic E-state index is 13.8. The quantitative estimate of drug-likeness (QED) is 0.515. The van der Waals surface area contributed by atoms with Crippen LogP contribution >= 0.6 is 0 Å². The van der Waals surface area contributed by atoms with Gasteiger partial charge in [0, 0.05) is 12.2 Å². The third kappa shape index (κ3) is 5.23. The Morgan fingerprint density at radius 1 is 1.22 bits per heavy atom. The van der Waals surface area contributed by atoms with E-state index in [-0.39, 0.29) is 23.5 Å². The van der Waals surface area contributed by atoms with E-state index in [1.54, 1.807) is 17.0 Å². The van der Waals surface area contributed by atoms with E-state index >= 15 is 0 Å². The number of esters is 1. The number of amides is 1. The summed E-state index contributed by atoms with van der Waals surface area (Å²) in [5, 5.41) is 9.62. The fourth-order valence-corrected chi connectivity index (χ4v) is 4.25. The molecule has 3 N–H and O–H groups in total. The number of aromatic hydroxyl groups is 1. The number of rotatable bonds is 6. The molecule has 0 fully saturated rings. The van der Waals surface area contributed by atoms with Gasteiger partial charge in [-0.1, -0.05) is 38.5 Å². The van der Waals surface area contributed by atoms with Crippen molar-refractivity contribution in [2.45, 2.75) is 71.6 Å². The van der Waals surface area contributed by atoms with Crippen molar-refractivity contribution < 1.29 is 19.4 Å². The second-order valence-corrected chi connectivity index (χ2v) is 9.71. The Kier molecular flexibility index (Phi) is 6.82. The summed E-state index contributed by atoms with van der Waals surface area (Å²) in [4.78, 5) is 28.7. The largest absolute Gasteiger partial charge is 0.508 e. The summed E-state index contributed by atoms with van der Waals surface area (Å²) in [7, 11) is 0. The van der Waals surface area contributed by atoms with E-state index in [0.717, 1.165) is 23.1 Å². The lowest BCUT2D eigenvalue weighted by molar-refractivity contribution is -0.168. The molecule has 0 unspecified atom stereocenters. The van der Waals surface area contributed by atoms with Crippen molar-refractivity contribution in [3.63, 3.8) is 0 Å². The number of hydrogen-bond acceptors (Lipinski definition) is 5. The first-order valence-electron chi connectivity index (χ1n) is 11.2. The number of phenols is 1. The molecule has 3 atom stereocenters. The third-order valence-electron chi connectivity index (χ3n) is 6.01. The van der Waals surface area contributed by atoms with Crippen molar-refractivity contribution in [1.82, 2.24) is 4.90 Å². The van der Waals surface area contributed by atoms with Gasteiger partial charge in [0.15, 0.2) is 0 Å². The van der Waals surface area contributed by atoms with Crippen molar-refractivity contribution in [3.8, 4) is 5.75 Å². The summed E-state index contributed by atoms with van der Waals surface area (Å²) in [5.41, 5.74) is 8.85. The van der Waals surface area contributed by atoms with E-state index in [0.29, 0.717) is 18.7 Å². The van der Waals surface area contributed by atoms with Crippen molar-refractivity contribution >= 4 is 17.6 Å². The van der Waals surface area contributed by atoms with Crippen LogP contribution in [0.15, 0.2) is 42.5 Å². The highest BCUT2D eigenvalue weighted by Gasteiger charge is 2.42. The van der Waals surface area contributed by atoms with E-state index in [1.165, 1.54) is 0 Å². The first kappa shape index (κ1) is 23.6. The molecule has 0 bridgehead atoms. The minimum Gasteiger partial charge on any atom is -0.508 e. The van der Waals surface area contributed by atoms with Crippen LogP contribution in [0, 0.1) is 5.92 Å². The van der Waals surface area contributed by atoms with Gasteiger partial charge in [0.25, 0.3) is 0 Å². The molecule has 0 saturated carbocycles. The van der Waals surface area contributed by atoms with Crippen LogP contribution in [0.1, 0.15) is 63.6 Å². The summed E-state index contributed by atoms with van der Waals surface area (Å²) in [5.74, 6) is -0.800. The third-order valence-corrected chi connectivity index (χ3v) is 6.01. The molecule has 0 aromatic heterocycles. The molecular weight excluding hydrogens is 404 g/mol. The number of ether oxygens (including phenoxy) is 1. The number of hydrogen-bond donors (Lipinski definition) is 2.